The Morgan fingerprint density at radius 1 is 1.00 bits per heavy atom. The van der Waals surface area contributed by atoms with Gasteiger partial charge in [0, 0.05) is 31.2 Å². The van der Waals surface area contributed by atoms with Gasteiger partial charge >= 0.3 is 0 Å². The summed E-state index contributed by atoms with van der Waals surface area (Å²) in [6.45, 7) is 0.997. The summed E-state index contributed by atoms with van der Waals surface area (Å²) >= 11 is 12.0. The summed E-state index contributed by atoms with van der Waals surface area (Å²) < 4.78 is 32.0. The van der Waals surface area contributed by atoms with Gasteiger partial charge in [-0.1, -0.05) is 23.2 Å². The van der Waals surface area contributed by atoms with Crippen molar-refractivity contribution in [2.24, 2.45) is 0 Å². The summed E-state index contributed by atoms with van der Waals surface area (Å²) in [5.74, 6) is 0.349. The molecule has 1 aliphatic rings. The number of nitrogens with zero attached hydrogens (tertiary/aromatic N) is 2. The maximum absolute atomic E-state index is 12.8. The second-order valence-electron chi connectivity index (χ2n) is 6.00. The molecule has 9 heteroatoms. The molecule has 0 aromatic heterocycles. The van der Waals surface area contributed by atoms with Crippen molar-refractivity contribution in [3.05, 3.63) is 58.1 Å². The van der Waals surface area contributed by atoms with E-state index in [4.69, 9.17) is 27.9 Å². The van der Waals surface area contributed by atoms with Gasteiger partial charge in [-0.3, -0.25) is 4.79 Å². The average Bonchev–Trinajstić information content (AvgIpc) is 2.67. The first-order valence-corrected chi connectivity index (χ1v) is 10.4. The normalized spacial score (nSPS) is 15.6. The molecule has 0 aliphatic carbocycles. The van der Waals surface area contributed by atoms with E-state index in [0.29, 0.717) is 16.3 Å². The Balaban J connectivity index is 1.69. The van der Waals surface area contributed by atoms with E-state index < -0.39 is 10.0 Å². The number of halogens is 2. The number of carbonyl (C=O) groups is 1. The van der Waals surface area contributed by atoms with Gasteiger partial charge in [0.05, 0.1) is 22.6 Å². The fourth-order valence-corrected chi connectivity index (χ4v) is 4.77. The van der Waals surface area contributed by atoms with Gasteiger partial charge in [-0.05, 0) is 42.5 Å². The number of benzene rings is 2. The highest BCUT2D eigenvalue weighted by atomic mass is 35.5. The van der Waals surface area contributed by atoms with Crippen molar-refractivity contribution in [3.8, 4) is 5.75 Å². The molecular weight excluding hydrogens is 411 g/mol. The number of carbonyl (C=O) groups excluding carboxylic acids is 1. The van der Waals surface area contributed by atoms with Crippen LogP contribution in [0.15, 0.2) is 47.4 Å². The maximum Gasteiger partial charge on any atom is 0.255 e. The molecule has 1 heterocycles. The zero-order chi connectivity index (χ0) is 19.6. The zero-order valence-electron chi connectivity index (χ0n) is 14.6. The largest absolute Gasteiger partial charge is 0.497 e. The van der Waals surface area contributed by atoms with E-state index in [9.17, 15) is 13.2 Å². The molecule has 2 aromatic rings. The van der Waals surface area contributed by atoms with Gasteiger partial charge in [0.15, 0.2) is 0 Å². The second kappa shape index (κ2) is 8.06. The Kier molecular flexibility index (Phi) is 5.95. The van der Waals surface area contributed by atoms with Crippen LogP contribution in [0.1, 0.15) is 10.4 Å². The van der Waals surface area contributed by atoms with Crippen molar-refractivity contribution in [2.45, 2.75) is 4.90 Å². The van der Waals surface area contributed by atoms with Crippen molar-refractivity contribution >= 4 is 39.1 Å². The highest BCUT2D eigenvalue weighted by Crippen LogP contribution is 2.24. The standard InChI is InChI=1S/C18H18Cl2N2O4S/c1-26-14-3-5-15(6-4-14)27(24,25)22-10-8-21(9-11-22)18(23)16-7-2-13(19)12-17(16)20/h2-7,12H,8-11H2,1H3. The molecule has 3 rings (SSSR count). The molecule has 2 aromatic carbocycles. The van der Waals surface area contributed by atoms with E-state index in [1.165, 1.54) is 29.6 Å². The third-order valence-electron chi connectivity index (χ3n) is 4.38. The number of methoxy groups -OCH3 is 1. The van der Waals surface area contributed by atoms with Crippen LogP contribution >= 0.6 is 23.2 Å². The molecule has 0 radical (unpaired) electrons. The van der Waals surface area contributed by atoms with Crippen molar-refractivity contribution in [2.75, 3.05) is 33.3 Å². The second-order valence-corrected chi connectivity index (χ2v) is 8.78. The van der Waals surface area contributed by atoms with Gasteiger partial charge in [0.2, 0.25) is 10.0 Å². The first-order valence-electron chi connectivity index (χ1n) is 8.21. The van der Waals surface area contributed by atoms with Crippen molar-refractivity contribution in [1.82, 2.24) is 9.21 Å². The number of sulfonamides is 1. The SMILES string of the molecule is COc1ccc(S(=O)(=O)N2CCN(C(=O)c3ccc(Cl)cc3Cl)CC2)cc1. The van der Waals surface area contributed by atoms with E-state index >= 15 is 0 Å². The minimum Gasteiger partial charge on any atom is -0.497 e. The molecule has 1 fully saturated rings. The fourth-order valence-electron chi connectivity index (χ4n) is 2.86. The highest BCUT2D eigenvalue weighted by molar-refractivity contribution is 7.89. The minimum atomic E-state index is -3.62. The number of amides is 1. The monoisotopic (exact) mass is 428 g/mol. The first kappa shape index (κ1) is 19.9. The van der Waals surface area contributed by atoms with Crippen molar-refractivity contribution in [1.29, 1.82) is 0 Å². The van der Waals surface area contributed by atoms with Crippen LogP contribution in [0.5, 0.6) is 5.75 Å². The van der Waals surface area contributed by atoms with Gasteiger partial charge in [-0.2, -0.15) is 4.31 Å². The predicted octanol–water partition coefficient (Wildman–Crippen LogP) is 3.15. The number of piperazine rings is 1. The van der Waals surface area contributed by atoms with Crippen molar-refractivity contribution in [3.63, 3.8) is 0 Å². The van der Waals surface area contributed by atoms with E-state index in [0.717, 1.165) is 0 Å². The number of rotatable bonds is 4. The number of hydrogen-bond acceptors (Lipinski definition) is 4. The van der Waals surface area contributed by atoms with Crippen LogP contribution in [0.4, 0.5) is 0 Å². The molecule has 0 bridgehead atoms. The van der Waals surface area contributed by atoms with Gasteiger partial charge in [-0.15, -0.1) is 0 Å². The third kappa shape index (κ3) is 4.21. The lowest BCUT2D eigenvalue weighted by Crippen LogP contribution is -2.50. The molecule has 1 saturated heterocycles. The summed E-state index contributed by atoms with van der Waals surface area (Å²) in [6.07, 6.45) is 0. The molecule has 0 saturated carbocycles. The van der Waals surface area contributed by atoms with Crippen LogP contribution in [0.25, 0.3) is 0 Å². The molecule has 0 atom stereocenters. The summed E-state index contributed by atoms with van der Waals surface area (Å²) in [6, 6.07) is 10.9. The maximum atomic E-state index is 12.8. The van der Waals surface area contributed by atoms with Crippen LogP contribution in [0.3, 0.4) is 0 Å². The summed E-state index contributed by atoms with van der Waals surface area (Å²) in [5, 5.41) is 0.729. The molecule has 0 N–H and O–H groups in total. The summed E-state index contributed by atoms with van der Waals surface area (Å²) in [4.78, 5) is 14.4. The molecular formula is C18H18Cl2N2O4S. The highest BCUT2D eigenvalue weighted by Gasteiger charge is 2.31. The first-order chi connectivity index (χ1) is 12.8. The summed E-state index contributed by atoms with van der Waals surface area (Å²) in [7, 11) is -2.10. The fraction of sp³-hybridized carbons (Fsp3) is 0.278. The van der Waals surface area contributed by atoms with Crippen LogP contribution in [-0.2, 0) is 10.0 Å². The van der Waals surface area contributed by atoms with Gasteiger partial charge in [0.25, 0.3) is 5.91 Å². The average molecular weight is 429 g/mol. The summed E-state index contributed by atoms with van der Waals surface area (Å²) in [5.41, 5.74) is 0.354. The van der Waals surface area contributed by atoms with Crippen LogP contribution < -0.4 is 4.74 Å². The Bertz CT molecular complexity index is 940. The van der Waals surface area contributed by atoms with E-state index in [1.807, 2.05) is 0 Å². The van der Waals surface area contributed by atoms with Gasteiger partial charge in [-0.25, -0.2) is 8.42 Å². The lowest BCUT2D eigenvalue weighted by molar-refractivity contribution is 0.0698. The molecule has 1 amide bonds. The Hall–Kier alpha value is -1.80. The van der Waals surface area contributed by atoms with E-state index in [1.54, 1.807) is 29.2 Å². The number of hydrogen-bond donors (Lipinski definition) is 0. The molecule has 0 unspecified atom stereocenters. The smallest absolute Gasteiger partial charge is 0.255 e. The van der Waals surface area contributed by atoms with Crippen LogP contribution in [-0.4, -0.2) is 56.8 Å². The lowest BCUT2D eigenvalue weighted by Gasteiger charge is -2.34. The minimum absolute atomic E-state index is 0.198. The Morgan fingerprint density at radius 3 is 2.19 bits per heavy atom. The Labute approximate surface area is 168 Å². The Morgan fingerprint density at radius 2 is 1.63 bits per heavy atom. The molecule has 1 aliphatic heterocycles. The van der Waals surface area contributed by atoms with E-state index in [-0.39, 0.29) is 42.0 Å². The number of ether oxygens (including phenoxy) is 1. The third-order valence-corrected chi connectivity index (χ3v) is 6.85. The molecule has 0 spiro atoms. The molecule has 6 nitrogen and oxygen atoms in total. The van der Waals surface area contributed by atoms with Crippen molar-refractivity contribution < 1.29 is 17.9 Å². The van der Waals surface area contributed by atoms with E-state index in [2.05, 4.69) is 0 Å². The quantitative estimate of drug-likeness (QED) is 0.749. The molecule has 144 valence electrons. The van der Waals surface area contributed by atoms with Crippen LogP contribution in [0, 0.1) is 0 Å². The van der Waals surface area contributed by atoms with Gasteiger partial charge in [0.1, 0.15) is 5.75 Å². The molecule has 27 heavy (non-hydrogen) atoms. The lowest BCUT2D eigenvalue weighted by atomic mass is 10.2. The van der Waals surface area contributed by atoms with Crippen LogP contribution in [0.2, 0.25) is 10.0 Å². The topological polar surface area (TPSA) is 66.9 Å². The predicted molar refractivity (Wildman–Crippen MR) is 104 cm³/mol. The van der Waals surface area contributed by atoms with Gasteiger partial charge < -0.3 is 9.64 Å². The zero-order valence-corrected chi connectivity index (χ0v) is 16.9.